The molecule has 0 N–H and O–H groups in total. The summed E-state index contributed by atoms with van der Waals surface area (Å²) in [5.74, 6) is 0.841. The fourth-order valence-corrected chi connectivity index (χ4v) is 3.41. The van der Waals surface area contributed by atoms with E-state index in [9.17, 15) is 4.79 Å². The van der Waals surface area contributed by atoms with Crippen LogP contribution in [0.25, 0.3) is 11.0 Å². The molecule has 3 aromatic rings. The molecule has 0 unspecified atom stereocenters. The van der Waals surface area contributed by atoms with Crippen molar-refractivity contribution in [1.82, 2.24) is 19.9 Å². The van der Waals surface area contributed by atoms with E-state index in [1.165, 1.54) is 0 Å². The van der Waals surface area contributed by atoms with Crippen molar-refractivity contribution in [3.63, 3.8) is 0 Å². The minimum absolute atomic E-state index is 0.0253. The van der Waals surface area contributed by atoms with Crippen molar-refractivity contribution in [2.24, 2.45) is 0 Å². The fourth-order valence-electron chi connectivity index (χ4n) is 3.41. The van der Waals surface area contributed by atoms with Crippen LogP contribution in [0.4, 0.5) is 0 Å². The molecule has 6 heteroatoms. The zero-order valence-corrected chi connectivity index (χ0v) is 14.6. The molecule has 1 aliphatic heterocycles. The fraction of sp³-hybridized carbons (Fsp3) is 0.300. The van der Waals surface area contributed by atoms with Crippen LogP contribution in [-0.2, 0) is 0 Å². The van der Waals surface area contributed by atoms with Gasteiger partial charge < -0.3 is 9.64 Å². The molecule has 0 atom stereocenters. The molecule has 1 saturated heterocycles. The van der Waals surface area contributed by atoms with Crippen molar-refractivity contribution in [2.75, 3.05) is 20.2 Å². The Morgan fingerprint density at radius 3 is 2.77 bits per heavy atom. The average molecular weight is 348 g/mol. The Hall–Kier alpha value is -3.02. The monoisotopic (exact) mass is 348 g/mol. The van der Waals surface area contributed by atoms with Gasteiger partial charge in [-0.15, -0.1) is 0 Å². The summed E-state index contributed by atoms with van der Waals surface area (Å²) in [7, 11) is 1.55. The lowest BCUT2D eigenvalue weighted by Crippen LogP contribution is -2.38. The maximum Gasteiger partial charge on any atom is 0.254 e. The van der Waals surface area contributed by atoms with E-state index in [-0.39, 0.29) is 5.91 Å². The third-order valence-corrected chi connectivity index (χ3v) is 4.88. The Bertz CT molecular complexity index is 936. The Labute approximate surface area is 151 Å². The van der Waals surface area contributed by atoms with Crippen LogP contribution in [0, 0.1) is 0 Å². The highest BCUT2D eigenvalue weighted by atomic mass is 16.5. The van der Waals surface area contributed by atoms with Crippen LogP contribution in [0.2, 0.25) is 0 Å². The molecule has 0 saturated carbocycles. The topological polar surface area (TPSA) is 68.2 Å². The highest BCUT2D eigenvalue weighted by Gasteiger charge is 2.25. The SMILES string of the molecule is COc1cc(C(=O)N2CCC(c3ccc4cccnc4n3)CC2)ccn1. The van der Waals surface area contributed by atoms with E-state index in [1.807, 2.05) is 17.0 Å². The van der Waals surface area contributed by atoms with E-state index < -0.39 is 0 Å². The number of amides is 1. The van der Waals surface area contributed by atoms with Gasteiger partial charge in [0.15, 0.2) is 5.65 Å². The van der Waals surface area contributed by atoms with Crippen molar-refractivity contribution in [2.45, 2.75) is 18.8 Å². The van der Waals surface area contributed by atoms with Gasteiger partial charge in [-0.1, -0.05) is 0 Å². The number of hydrogen-bond acceptors (Lipinski definition) is 5. The Balaban J connectivity index is 1.45. The van der Waals surface area contributed by atoms with Crippen molar-refractivity contribution < 1.29 is 9.53 Å². The molecule has 6 nitrogen and oxygen atoms in total. The number of methoxy groups -OCH3 is 1. The Kier molecular flexibility index (Phi) is 4.48. The largest absolute Gasteiger partial charge is 0.481 e. The van der Waals surface area contributed by atoms with Gasteiger partial charge in [0, 0.05) is 54.1 Å². The standard InChI is InChI=1S/C20H20N4O2/c1-26-18-13-16(6-10-21-18)20(25)24-11-7-14(8-12-24)17-5-4-15-3-2-9-22-19(15)23-17/h2-6,9-10,13-14H,7-8,11-12H2,1H3. The van der Waals surface area contributed by atoms with Gasteiger partial charge >= 0.3 is 0 Å². The molecule has 0 radical (unpaired) electrons. The van der Waals surface area contributed by atoms with Gasteiger partial charge in [0.2, 0.25) is 5.88 Å². The van der Waals surface area contributed by atoms with Gasteiger partial charge in [-0.3, -0.25) is 4.79 Å². The molecule has 0 spiro atoms. The molecule has 132 valence electrons. The molecule has 26 heavy (non-hydrogen) atoms. The summed E-state index contributed by atoms with van der Waals surface area (Å²) in [6.45, 7) is 1.44. The smallest absolute Gasteiger partial charge is 0.254 e. The quantitative estimate of drug-likeness (QED) is 0.728. The minimum atomic E-state index is 0.0253. The number of nitrogens with zero attached hydrogens (tertiary/aromatic N) is 4. The normalized spacial score (nSPS) is 15.2. The minimum Gasteiger partial charge on any atom is -0.481 e. The summed E-state index contributed by atoms with van der Waals surface area (Å²) < 4.78 is 5.11. The molecule has 4 heterocycles. The summed E-state index contributed by atoms with van der Waals surface area (Å²) in [4.78, 5) is 27.7. The molecule has 3 aromatic heterocycles. The Morgan fingerprint density at radius 1 is 1.12 bits per heavy atom. The van der Waals surface area contributed by atoms with Gasteiger partial charge in [-0.2, -0.15) is 0 Å². The molecule has 0 aliphatic carbocycles. The van der Waals surface area contributed by atoms with Crippen molar-refractivity contribution >= 4 is 16.9 Å². The summed E-state index contributed by atoms with van der Waals surface area (Å²) in [6, 6.07) is 11.5. The first kappa shape index (κ1) is 16.4. The number of carbonyl (C=O) groups is 1. The number of piperidine rings is 1. The number of likely N-dealkylation sites (tertiary alicyclic amines) is 1. The molecule has 1 amide bonds. The van der Waals surface area contributed by atoms with Gasteiger partial charge in [0.25, 0.3) is 5.91 Å². The lowest BCUT2D eigenvalue weighted by Gasteiger charge is -2.31. The maximum absolute atomic E-state index is 12.7. The number of carbonyl (C=O) groups excluding carboxylic acids is 1. The molecule has 1 fully saturated rings. The lowest BCUT2D eigenvalue weighted by atomic mass is 9.92. The van der Waals surface area contributed by atoms with E-state index in [1.54, 1.807) is 31.6 Å². The van der Waals surface area contributed by atoms with Gasteiger partial charge in [0.1, 0.15) is 0 Å². The van der Waals surface area contributed by atoms with Crippen LogP contribution in [0.5, 0.6) is 5.88 Å². The number of pyridine rings is 3. The predicted molar refractivity (Wildman–Crippen MR) is 98.2 cm³/mol. The van der Waals surface area contributed by atoms with Crippen LogP contribution in [0.3, 0.4) is 0 Å². The zero-order chi connectivity index (χ0) is 17.9. The number of rotatable bonds is 3. The van der Waals surface area contributed by atoms with Crippen LogP contribution >= 0.6 is 0 Å². The van der Waals surface area contributed by atoms with Crippen molar-refractivity contribution in [3.05, 3.63) is 60.0 Å². The summed E-state index contributed by atoms with van der Waals surface area (Å²) >= 11 is 0. The van der Waals surface area contributed by atoms with Crippen LogP contribution in [-0.4, -0.2) is 46.0 Å². The van der Waals surface area contributed by atoms with Crippen LogP contribution in [0.1, 0.15) is 34.8 Å². The molecule has 0 bridgehead atoms. The maximum atomic E-state index is 12.7. The lowest BCUT2D eigenvalue weighted by molar-refractivity contribution is 0.0711. The third-order valence-electron chi connectivity index (χ3n) is 4.88. The second kappa shape index (κ2) is 7.07. The first-order valence-electron chi connectivity index (χ1n) is 8.75. The number of aromatic nitrogens is 3. The molecular weight excluding hydrogens is 328 g/mol. The second-order valence-corrected chi connectivity index (χ2v) is 6.44. The van der Waals surface area contributed by atoms with E-state index in [0.717, 1.165) is 42.7 Å². The van der Waals surface area contributed by atoms with E-state index >= 15 is 0 Å². The average Bonchev–Trinajstić information content (AvgIpc) is 2.73. The molecule has 4 rings (SSSR count). The number of hydrogen-bond donors (Lipinski definition) is 0. The van der Waals surface area contributed by atoms with Crippen LogP contribution < -0.4 is 4.74 Å². The van der Waals surface area contributed by atoms with Crippen LogP contribution in [0.15, 0.2) is 48.8 Å². The molecule has 0 aromatic carbocycles. The van der Waals surface area contributed by atoms with Gasteiger partial charge in [0.05, 0.1) is 7.11 Å². The van der Waals surface area contributed by atoms with Crippen molar-refractivity contribution in [3.8, 4) is 5.88 Å². The first-order chi connectivity index (χ1) is 12.7. The zero-order valence-electron chi connectivity index (χ0n) is 14.6. The molecular formula is C20H20N4O2. The van der Waals surface area contributed by atoms with E-state index in [4.69, 9.17) is 9.72 Å². The first-order valence-corrected chi connectivity index (χ1v) is 8.75. The number of ether oxygens (including phenoxy) is 1. The summed E-state index contributed by atoms with van der Waals surface area (Å²) in [5.41, 5.74) is 2.46. The summed E-state index contributed by atoms with van der Waals surface area (Å²) in [6.07, 6.45) is 5.17. The molecule has 1 aliphatic rings. The summed E-state index contributed by atoms with van der Waals surface area (Å²) in [5, 5.41) is 1.05. The van der Waals surface area contributed by atoms with E-state index in [0.29, 0.717) is 17.4 Å². The highest BCUT2D eigenvalue weighted by molar-refractivity contribution is 5.94. The van der Waals surface area contributed by atoms with Crippen molar-refractivity contribution in [1.29, 1.82) is 0 Å². The second-order valence-electron chi connectivity index (χ2n) is 6.44. The van der Waals surface area contributed by atoms with Gasteiger partial charge in [-0.05, 0) is 43.2 Å². The highest BCUT2D eigenvalue weighted by Crippen LogP contribution is 2.28. The Morgan fingerprint density at radius 2 is 1.96 bits per heavy atom. The predicted octanol–water partition coefficient (Wildman–Crippen LogP) is 3.05. The third kappa shape index (κ3) is 3.22. The van der Waals surface area contributed by atoms with E-state index in [2.05, 4.69) is 22.1 Å². The number of fused-ring (bicyclic) bond motifs is 1. The van der Waals surface area contributed by atoms with Gasteiger partial charge in [-0.25, -0.2) is 15.0 Å².